The number of rotatable bonds is 21. The molecule has 0 radical (unpaired) electrons. The van der Waals surface area contributed by atoms with Crippen LogP contribution < -0.4 is 0 Å². The standard InChI is InChI=1S/C24H48O5/c1-3-4-5-7-11-16-21(25)17-12-10-14-19-23(27)22(26)18-13-8-6-9-15-20-24(28)29-2/h21-23,25-27H,3-20H2,1-2H3. The molecular formula is C24H48O5. The molecule has 3 unspecified atom stereocenters. The number of methoxy groups -OCH3 is 1. The second-order valence-corrected chi connectivity index (χ2v) is 8.51. The third-order valence-corrected chi connectivity index (χ3v) is 5.73. The average Bonchev–Trinajstić information content (AvgIpc) is 2.71. The number of hydrogen-bond donors (Lipinski definition) is 3. The molecule has 0 aromatic rings. The SMILES string of the molecule is CCCCCCCC(O)CCCCCC(O)C(O)CCCCCCCC(=O)OC. The van der Waals surface area contributed by atoms with Crippen molar-refractivity contribution in [1.82, 2.24) is 0 Å². The first-order valence-corrected chi connectivity index (χ1v) is 12.1. The minimum atomic E-state index is -0.641. The van der Waals surface area contributed by atoms with Crippen molar-refractivity contribution in [3.05, 3.63) is 0 Å². The number of aliphatic hydroxyl groups is 3. The quantitative estimate of drug-likeness (QED) is 0.175. The molecule has 0 aliphatic heterocycles. The molecule has 0 heterocycles. The van der Waals surface area contributed by atoms with Crippen LogP contribution in [0.5, 0.6) is 0 Å². The zero-order valence-electron chi connectivity index (χ0n) is 19.1. The van der Waals surface area contributed by atoms with E-state index in [2.05, 4.69) is 11.7 Å². The Kier molecular flexibility index (Phi) is 20.2. The second-order valence-electron chi connectivity index (χ2n) is 8.51. The van der Waals surface area contributed by atoms with E-state index < -0.39 is 12.2 Å². The van der Waals surface area contributed by atoms with Gasteiger partial charge >= 0.3 is 5.97 Å². The highest BCUT2D eigenvalue weighted by atomic mass is 16.5. The molecule has 3 N–H and O–H groups in total. The van der Waals surface area contributed by atoms with Crippen LogP contribution in [0.2, 0.25) is 0 Å². The monoisotopic (exact) mass is 416 g/mol. The van der Waals surface area contributed by atoms with Crippen molar-refractivity contribution in [3.8, 4) is 0 Å². The highest BCUT2D eigenvalue weighted by molar-refractivity contribution is 5.68. The largest absolute Gasteiger partial charge is 0.469 e. The lowest BCUT2D eigenvalue weighted by Gasteiger charge is -2.18. The molecule has 5 heteroatoms. The maximum Gasteiger partial charge on any atom is 0.305 e. The third-order valence-electron chi connectivity index (χ3n) is 5.73. The summed E-state index contributed by atoms with van der Waals surface area (Å²) in [5.74, 6) is -0.152. The first-order valence-electron chi connectivity index (χ1n) is 12.1. The van der Waals surface area contributed by atoms with Crippen LogP contribution in [-0.4, -0.2) is 46.7 Å². The van der Waals surface area contributed by atoms with E-state index in [1.165, 1.54) is 32.8 Å². The van der Waals surface area contributed by atoms with E-state index in [-0.39, 0.29) is 12.1 Å². The third kappa shape index (κ3) is 19.1. The zero-order valence-corrected chi connectivity index (χ0v) is 19.1. The maximum atomic E-state index is 11.0. The van der Waals surface area contributed by atoms with E-state index in [4.69, 9.17) is 0 Å². The zero-order chi connectivity index (χ0) is 21.7. The topological polar surface area (TPSA) is 87.0 Å². The van der Waals surface area contributed by atoms with Crippen molar-refractivity contribution in [2.24, 2.45) is 0 Å². The van der Waals surface area contributed by atoms with Gasteiger partial charge in [-0.05, 0) is 32.1 Å². The molecule has 0 fully saturated rings. The van der Waals surface area contributed by atoms with Crippen LogP contribution in [0, 0.1) is 0 Å². The van der Waals surface area contributed by atoms with E-state index in [9.17, 15) is 20.1 Å². The first kappa shape index (κ1) is 28.4. The predicted octanol–water partition coefficient (Wildman–Crippen LogP) is 5.28. The van der Waals surface area contributed by atoms with Gasteiger partial charge < -0.3 is 20.1 Å². The molecule has 0 bridgehead atoms. The summed E-state index contributed by atoms with van der Waals surface area (Å²) >= 11 is 0. The molecule has 3 atom stereocenters. The van der Waals surface area contributed by atoms with E-state index in [0.717, 1.165) is 70.6 Å². The Bertz CT molecular complexity index is 361. The van der Waals surface area contributed by atoms with Gasteiger partial charge in [-0.3, -0.25) is 4.79 Å². The normalized spacial score (nSPS) is 14.5. The summed E-state index contributed by atoms with van der Waals surface area (Å²) in [5.41, 5.74) is 0. The molecule has 0 aromatic carbocycles. The molecule has 0 amide bonds. The Morgan fingerprint density at radius 1 is 0.655 bits per heavy atom. The van der Waals surface area contributed by atoms with E-state index >= 15 is 0 Å². The molecule has 29 heavy (non-hydrogen) atoms. The van der Waals surface area contributed by atoms with Gasteiger partial charge in [-0.1, -0.05) is 84.0 Å². The summed E-state index contributed by atoms with van der Waals surface area (Å²) in [5, 5.41) is 30.2. The first-order chi connectivity index (χ1) is 14.0. The fourth-order valence-corrected chi connectivity index (χ4v) is 3.68. The van der Waals surface area contributed by atoms with Gasteiger partial charge in [-0.15, -0.1) is 0 Å². The number of carbonyl (C=O) groups is 1. The van der Waals surface area contributed by atoms with Crippen molar-refractivity contribution in [1.29, 1.82) is 0 Å². The van der Waals surface area contributed by atoms with Gasteiger partial charge in [0.05, 0.1) is 25.4 Å². The van der Waals surface area contributed by atoms with Crippen LogP contribution in [0.4, 0.5) is 0 Å². The van der Waals surface area contributed by atoms with Crippen LogP contribution in [0.3, 0.4) is 0 Å². The number of carbonyl (C=O) groups excluding carboxylic acids is 1. The Morgan fingerprint density at radius 2 is 1.07 bits per heavy atom. The number of unbranched alkanes of at least 4 members (excludes halogenated alkanes) is 10. The molecule has 0 aliphatic rings. The fourth-order valence-electron chi connectivity index (χ4n) is 3.68. The van der Waals surface area contributed by atoms with Crippen molar-refractivity contribution in [3.63, 3.8) is 0 Å². The molecule has 0 rings (SSSR count). The summed E-state index contributed by atoms with van der Waals surface area (Å²) < 4.78 is 4.61. The van der Waals surface area contributed by atoms with Gasteiger partial charge in [0.2, 0.25) is 0 Å². The van der Waals surface area contributed by atoms with Crippen molar-refractivity contribution < 1.29 is 24.9 Å². The fraction of sp³-hybridized carbons (Fsp3) is 0.958. The average molecular weight is 417 g/mol. The lowest BCUT2D eigenvalue weighted by Crippen LogP contribution is -2.25. The number of esters is 1. The molecule has 0 aliphatic carbocycles. The van der Waals surface area contributed by atoms with Gasteiger partial charge in [0, 0.05) is 6.42 Å². The van der Waals surface area contributed by atoms with Crippen molar-refractivity contribution in [2.45, 2.75) is 141 Å². The Balaban J connectivity index is 3.48. The highest BCUT2D eigenvalue weighted by Crippen LogP contribution is 2.16. The van der Waals surface area contributed by atoms with Crippen LogP contribution >= 0.6 is 0 Å². The number of ether oxygens (including phenoxy) is 1. The van der Waals surface area contributed by atoms with Gasteiger partial charge in [0.1, 0.15) is 0 Å². The molecule has 0 aromatic heterocycles. The summed E-state index contributed by atoms with van der Waals surface area (Å²) in [4.78, 5) is 11.0. The van der Waals surface area contributed by atoms with E-state index in [1.54, 1.807) is 0 Å². The molecule has 174 valence electrons. The van der Waals surface area contributed by atoms with Crippen LogP contribution in [0.1, 0.15) is 122 Å². The summed E-state index contributed by atoms with van der Waals surface area (Å²) in [6, 6.07) is 0. The van der Waals surface area contributed by atoms with Crippen LogP contribution in [0.25, 0.3) is 0 Å². The lowest BCUT2D eigenvalue weighted by atomic mass is 9.99. The minimum Gasteiger partial charge on any atom is -0.469 e. The van der Waals surface area contributed by atoms with Crippen LogP contribution in [0.15, 0.2) is 0 Å². The molecule has 0 saturated heterocycles. The molecular weight excluding hydrogens is 368 g/mol. The maximum absolute atomic E-state index is 11.0. The summed E-state index contributed by atoms with van der Waals surface area (Å²) in [7, 11) is 1.41. The summed E-state index contributed by atoms with van der Waals surface area (Å²) in [6.45, 7) is 2.21. The van der Waals surface area contributed by atoms with Gasteiger partial charge in [0.15, 0.2) is 0 Å². The number of aliphatic hydroxyl groups excluding tert-OH is 3. The number of hydrogen-bond acceptors (Lipinski definition) is 5. The Hall–Kier alpha value is -0.650. The van der Waals surface area contributed by atoms with E-state index in [0.29, 0.717) is 19.3 Å². The summed E-state index contributed by atoms with van der Waals surface area (Å²) in [6.07, 6.45) is 15.9. The van der Waals surface area contributed by atoms with Crippen molar-refractivity contribution >= 4 is 5.97 Å². The Morgan fingerprint density at radius 3 is 1.59 bits per heavy atom. The van der Waals surface area contributed by atoms with Crippen molar-refractivity contribution in [2.75, 3.05) is 7.11 Å². The van der Waals surface area contributed by atoms with E-state index in [1.807, 2.05) is 0 Å². The predicted molar refractivity (Wildman–Crippen MR) is 119 cm³/mol. The van der Waals surface area contributed by atoms with Crippen LogP contribution in [-0.2, 0) is 9.53 Å². The van der Waals surface area contributed by atoms with Gasteiger partial charge in [0.25, 0.3) is 0 Å². The van der Waals surface area contributed by atoms with Gasteiger partial charge in [-0.25, -0.2) is 0 Å². The second kappa shape index (κ2) is 20.6. The minimum absolute atomic E-state index is 0.152. The highest BCUT2D eigenvalue weighted by Gasteiger charge is 2.15. The molecule has 0 spiro atoms. The lowest BCUT2D eigenvalue weighted by molar-refractivity contribution is -0.140. The molecule has 0 saturated carbocycles. The molecule has 5 nitrogen and oxygen atoms in total. The van der Waals surface area contributed by atoms with Gasteiger partial charge in [-0.2, -0.15) is 0 Å². The smallest absolute Gasteiger partial charge is 0.305 e. The Labute approximate surface area is 179 Å².